The van der Waals surface area contributed by atoms with Gasteiger partial charge in [0, 0.05) is 12.3 Å². The molecule has 0 aromatic heterocycles. The van der Waals surface area contributed by atoms with Crippen molar-refractivity contribution in [2.45, 2.75) is 33.1 Å². The van der Waals surface area contributed by atoms with Gasteiger partial charge in [-0.05, 0) is 30.6 Å². The molecule has 0 aromatic rings. The molecule has 1 nitrogen and oxygen atoms in total. The molecule has 0 amide bonds. The minimum absolute atomic E-state index is 0.371. The standard InChI is InChI=1S/C10H16O/c1-6-3-9-4-8(6)5-10(11)7(9)2/h6-9H,3-5H2,1-2H3. The second-order valence-corrected chi connectivity index (χ2v) is 4.43. The summed E-state index contributed by atoms with van der Waals surface area (Å²) >= 11 is 0. The molecule has 0 heterocycles. The Bertz CT molecular complexity index is 183. The smallest absolute Gasteiger partial charge is 0.136 e. The Labute approximate surface area is 68.2 Å². The van der Waals surface area contributed by atoms with Crippen LogP contribution in [0.1, 0.15) is 33.1 Å². The van der Waals surface area contributed by atoms with E-state index in [1.165, 1.54) is 12.8 Å². The molecule has 2 bridgehead atoms. The van der Waals surface area contributed by atoms with Crippen molar-refractivity contribution in [3.63, 3.8) is 0 Å². The summed E-state index contributed by atoms with van der Waals surface area (Å²) in [6.45, 7) is 4.41. The third-order valence-corrected chi connectivity index (χ3v) is 3.76. The van der Waals surface area contributed by atoms with Gasteiger partial charge in [-0.3, -0.25) is 4.79 Å². The van der Waals surface area contributed by atoms with Crippen molar-refractivity contribution in [3.05, 3.63) is 0 Å². The van der Waals surface area contributed by atoms with E-state index in [1.54, 1.807) is 0 Å². The molecule has 0 saturated heterocycles. The van der Waals surface area contributed by atoms with E-state index in [0.717, 1.165) is 24.2 Å². The van der Waals surface area contributed by atoms with Gasteiger partial charge in [-0.15, -0.1) is 0 Å². The third kappa shape index (κ3) is 1.02. The van der Waals surface area contributed by atoms with Gasteiger partial charge >= 0.3 is 0 Å². The van der Waals surface area contributed by atoms with Gasteiger partial charge in [0.25, 0.3) is 0 Å². The van der Waals surface area contributed by atoms with E-state index in [0.29, 0.717) is 11.7 Å². The first-order valence-corrected chi connectivity index (χ1v) is 4.71. The Hall–Kier alpha value is -0.330. The predicted octanol–water partition coefficient (Wildman–Crippen LogP) is 2.26. The molecule has 0 radical (unpaired) electrons. The average Bonchev–Trinajstić information content (AvgIpc) is 2.26. The molecule has 62 valence electrons. The van der Waals surface area contributed by atoms with Gasteiger partial charge in [-0.25, -0.2) is 0 Å². The zero-order chi connectivity index (χ0) is 8.01. The van der Waals surface area contributed by atoms with Crippen molar-refractivity contribution < 1.29 is 4.79 Å². The summed E-state index contributed by atoms with van der Waals surface area (Å²) in [5.41, 5.74) is 0. The van der Waals surface area contributed by atoms with Gasteiger partial charge in [0.1, 0.15) is 5.78 Å². The maximum Gasteiger partial charge on any atom is 0.136 e. The van der Waals surface area contributed by atoms with Crippen LogP contribution in [0, 0.1) is 23.7 Å². The quantitative estimate of drug-likeness (QED) is 0.520. The highest BCUT2D eigenvalue weighted by molar-refractivity contribution is 5.82. The Balaban J connectivity index is 2.18. The highest BCUT2D eigenvalue weighted by Crippen LogP contribution is 2.46. The summed E-state index contributed by atoms with van der Waals surface area (Å²) in [7, 11) is 0. The number of hydrogen-bond acceptors (Lipinski definition) is 1. The first-order chi connectivity index (χ1) is 5.18. The zero-order valence-corrected chi connectivity index (χ0v) is 7.34. The maximum atomic E-state index is 11.4. The summed E-state index contributed by atoms with van der Waals surface area (Å²) in [5.74, 6) is 3.18. The number of Topliss-reactive ketones (excluding diaryl/α,β-unsaturated/α-hetero) is 1. The van der Waals surface area contributed by atoms with Crippen LogP contribution < -0.4 is 0 Å². The minimum Gasteiger partial charge on any atom is -0.299 e. The average molecular weight is 152 g/mol. The SMILES string of the molecule is CC1CC2CC1CC(=O)C2C. The molecule has 0 aliphatic heterocycles. The van der Waals surface area contributed by atoms with Crippen LogP contribution in [0.25, 0.3) is 0 Å². The van der Waals surface area contributed by atoms with Crippen molar-refractivity contribution in [2.75, 3.05) is 0 Å². The highest BCUT2D eigenvalue weighted by Gasteiger charge is 2.42. The lowest BCUT2D eigenvalue weighted by atomic mass is 9.80. The van der Waals surface area contributed by atoms with Gasteiger partial charge in [-0.1, -0.05) is 13.8 Å². The largest absolute Gasteiger partial charge is 0.299 e. The second-order valence-electron chi connectivity index (χ2n) is 4.43. The van der Waals surface area contributed by atoms with Crippen LogP contribution in [0.2, 0.25) is 0 Å². The molecule has 0 spiro atoms. The van der Waals surface area contributed by atoms with E-state index in [4.69, 9.17) is 0 Å². The van der Waals surface area contributed by atoms with Crippen LogP contribution >= 0.6 is 0 Å². The molecule has 0 N–H and O–H groups in total. The summed E-state index contributed by atoms with van der Waals surface area (Å²) in [6, 6.07) is 0. The summed E-state index contributed by atoms with van der Waals surface area (Å²) in [5, 5.41) is 0. The third-order valence-electron chi connectivity index (χ3n) is 3.76. The molecule has 0 aromatic carbocycles. The van der Waals surface area contributed by atoms with Crippen molar-refractivity contribution in [3.8, 4) is 0 Å². The summed E-state index contributed by atoms with van der Waals surface area (Å²) in [4.78, 5) is 11.4. The van der Waals surface area contributed by atoms with Crippen molar-refractivity contribution in [1.29, 1.82) is 0 Å². The van der Waals surface area contributed by atoms with Crippen LogP contribution in [-0.2, 0) is 4.79 Å². The highest BCUT2D eigenvalue weighted by atomic mass is 16.1. The van der Waals surface area contributed by atoms with Gasteiger partial charge in [0.2, 0.25) is 0 Å². The van der Waals surface area contributed by atoms with Crippen LogP contribution in [0.5, 0.6) is 0 Å². The summed E-state index contributed by atoms with van der Waals surface area (Å²) < 4.78 is 0. The summed E-state index contributed by atoms with van der Waals surface area (Å²) in [6.07, 6.45) is 3.50. The molecule has 4 atom stereocenters. The number of hydrogen-bond donors (Lipinski definition) is 0. The fourth-order valence-electron chi connectivity index (χ4n) is 2.79. The Morgan fingerprint density at radius 1 is 1.18 bits per heavy atom. The number of fused-ring (bicyclic) bond motifs is 2. The van der Waals surface area contributed by atoms with E-state index >= 15 is 0 Å². The molecule has 2 saturated carbocycles. The van der Waals surface area contributed by atoms with Gasteiger partial charge in [0.05, 0.1) is 0 Å². The molecule has 2 rings (SSSR count). The van der Waals surface area contributed by atoms with E-state index in [9.17, 15) is 4.79 Å². The second kappa shape index (κ2) is 2.33. The van der Waals surface area contributed by atoms with Crippen molar-refractivity contribution in [2.24, 2.45) is 23.7 Å². The number of rotatable bonds is 0. The maximum absolute atomic E-state index is 11.4. The Morgan fingerprint density at radius 2 is 1.91 bits per heavy atom. The van der Waals surface area contributed by atoms with Gasteiger partial charge < -0.3 is 0 Å². The Kier molecular flexibility index (Phi) is 1.55. The van der Waals surface area contributed by atoms with Crippen LogP contribution in [-0.4, -0.2) is 5.78 Å². The molecule has 2 fully saturated rings. The lowest BCUT2D eigenvalue weighted by molar-refractivity contribution is -0.126. The molecule has 2 aliphatic rings. The first-order valence-electron chi connectivity index (χ1n) is 4.71. The predicted molar refractivity (Wildman–Crippen MR) is 44.2 cm³/mol. The molecule has 11 heavy (non-hydrogen) atoms. The van der Waals surface area contributed by atoms with Crippen LogP contribution in [0.15, 0.2) is 0 Å². The van der Waals surface area contributed by atoms with Crippen LogP contribution in [0.4, 0.5) is 0 Å². The monoisotopic (exact) mass is 152 g/mol. The van der Waals surface area contributed by atoms with Gasteiger partial charge in [0.15, 0.2) is 0 Å². The molecule has 2 aliphatic carbocycles. The molecular weight excluding hydrogens is 136 g/mol. The van der Waals surface area contributed by atoms with Gasteiger partial charge in [-0.2, -0.15) is 0 Å². The van der Waals surface area contributed by atoms with Crippen molar-refractivity contribution in [1.82, 2.24) is 0 Å². The molecule has 4 unspecified atom stereocenters. The van der Waals surface area contributed by atoms with E-state index in [-0.39, 0.29) is 0 Å². The fraction of sp³-hybridized carbons (Fsp3) is 0.900. The topological polar surface area (TPSA) is 17.1 Å². The first kappa shape index (κ1) is 7.33. The number of ketones is 1. The fourth-order valence-corrected chi connectivity index (χ4v) is 2.79. The molecular formula is C10H16O. The normalized spacial score (nSPS) is 49.8. The number of carbonyl (C=O) groups excluding carboxylic acids is 1. The number of carbonyl (C=O) groups is 1. The van der Waals surface area contributed by atoms with Crippen LogP contribution in [0.3, 0.4) is 0 Å². The lowest BCUT2D eigenvalue weighted by Gasteiger charge is -2.24. The molecule has 1 heteroatoms. The van der Waals surface area contributed by atoms with E-state index in [1.807, 2.05) is 0 Å². The van der Waals surface area contributed by atoms with E-state index < -0.39 is 0 Å². The van der Waals surface area contributed by atoms with Crippen molar-refractivity contribution >= 4 is 5.78 Å². The zero-order valence-electron chi connectivity index (χ0n) is 7.34. The van der Waals surface area contributed by atoms with E-state index in [2.05, 4.69) is 13.8 Å². The lowest BCUT2D eigenvalue weighted by Crippen LogP contribution is -2.25. The minimum atomic E-state index is 0.371. The Morgan fingerprint density at radius 3 is 2.64 bits per heavy atom.